The molecule has 1 heterocycles. The predicted molar refractivity (Wildman–Crippen MR) is 117 cm³/mol. The van der Waals surface area contributed by atoms with Crippen LogP contribution in [-0.2, 0) is 0 Å². The van der Waals surface area contributed by atoms with Gasteiger partial charge in [0.05, 0.1) is 11.4 Å². The number of nitrogen functional groups attached to an aromatic ring is 1. The van der Waals surface area contributed by atoms with E-state index in [2.05, 4.69) is 36.4 Å². The first kappa shape index (κ1) is 19.2. The maximum Gasteiger partial charge on any atom is 0.251 e. The molecule has 1 aromatic heterocycles. The molecule has 1 amide bonds. The van der Waals surface area contributed by atoms with Gasteiger partial charge < -0.3 is 11.1 Å². The van der Waals surface area contributed by atoms with Crippen LogP contribution in [-0.4, -0.2) is 21.7 Å². The second-order valence-electron chi connectivity index (χ2n) is 8.21. The van der Waals surface area contributed by atoms with Gasteiger partial charge in [-0.05, 0) is 68.9 Å². The molecular formula is C24H28N4O. The van der Waals surface area contributed by atoms with E-state index < -0.39 is 0 Å². The number of nitrogens with one attached hydrogen (secondary N) is 1. The fourth-order valence-corrected chi connectivity index (χ4v) is 3.97. The van der Waals surface area contributed by atoms with E-state index in [1.165, 1.54) is 18.4 Å². The first-order chi connectivity index (χ1) is 14.0. The number of carbonyl (C=O) groups excluding carboxylic acids is 1. The van der Waals surface area contributed by atoms with Crippen LogP contribution in [0.2, 0.25) is 0 Å². The summed E-state index contributed by atoms with van der Waals surface area (Å²) in [5.74, 6) is 1.33. The minimum absolute atomic E-state index is 0.00927. The first-order valence-corrected chi connectivity index (χ1v) is 10.3. The number of carbonyl (C=O) groups is 1. The molecule has 0 bridgehead atoms. The molecule has 150 valence electrons. The zero-order valence-corrected chi connectivity index (χ0v) is 17.1. The highest BCUT2D eigenvalue weighted by atomic mass is 16.1. The molecule has 0 spiro atoms. The molecule has 0 aliphatic heterocycles. The van der Waals surface area contributed by atoms with Gasteiger partial charge in [0.2, 0.25) is 0 Å². The van der Waals surface area contributed by atoms with Crippen molar-refractivity contribution >= 4 is 11.7 Å². The summed E-state index contributed by atoms with van der Waals surface area (Å²) in [6.07, 6.45) is 4.50. The van der Waals surface area contributed by atoms with Crippen molar-refractivity contribution in [1.29, 1.82) is 0 Å². The van der Waals surface area contributed by atoms with Crippen molar-refractivity contribution in [2.24, 2.45) is 5.92 Å². The molecule has 3 N–H and O–H groups in total. The Labute approximate surface area is 171 Å². The summed E-state index contributed by atoms with van der Waals surface area (Å²) < 4.78 is 1.71. The van der Waals surface area contributed by atoms with Crippen molar-refractivity contribution in [3.8, 4) is 16.9 Å². The van der Waals surface area contributed by atoms with Crippen LogP contribution in [0.15, 0.2) is 54.6 Å². The second kappa shape index (κ2) is 8.11. The Morgan fingerprint density at radius 1 is 1.07 bits per heavy atom. The molecule has 3 aromatic rings. The van der Waals surface area contributed by atoms with Crippen molar-refractivity contribution in [1.82, 2.24) is 15.1 Å². The molecular weight excluding hydrogens is 360 g/mol. The van der Waals surface area contributed by atoms with E-state index in [1.807, 2.05) is 42.5 Å². The zero-order chi connectivity index (χ0) is 20.4. The quantitative estimate of drug-likeness (QED) is 0.678. The van der Waals surface area contributed by atoms with Crippen LogP contribution in [0.4, 0.5) is 5.82 Å². The minimum Gasteiger partial charge on any atom is -0.384 e. The lowest BCUT2D eigenvalue weighted by molar-refractivity contribution is 0.0923. The number of hydrogen-bond donors (Lipinski definition) is 2. The van der Waals surface area contributed by atoms with Gasteiger partial charge >= 0.3 is 0 Å². The van der Waals surface area contributed by atoms with Crippen LogP contribution >= 0.6 is 0 Å². The van der Waals surface area contributed by atoms with Crippen LogP contribution in [0.1, 0.15) is 48.5 Å². The highest BCUT2D eigenvalue weighted by Crippen LogP contribution is 2.25. The molecule has 1 aliphatic carbocycles. The predicted octanol–water partition coefficient (Wildman–Crippen LogP) is 4.74. The summed E-state index contributed by atoms with van der Waals surface area (Å²) >= 11 is 0. The first-order valence-electron chi connectivity index (χ1n) is 10.3. The van der Waals surface area contributed by atoms with Crippen molar-refractivity contribution in [2.75, 3.05) is 5.73 Å². The highest BCUT2D eigenvalue weighted by Gasteiger charge is 2.20. The van der Waals surface area contributed by atoms with E-state index in [0.717, 1.165) is 35.7 Å². The van der Waals surface area contributed by atoms with Gasteiger partial charge in [-0.3, -0.25) is 4.79 Å². The summed E-state index contributed by atoms with van der Waals surface area (Å²) in [5, 5.41) is 7.83. The van der Waals surface area contributed by atoms with Gasteiger partial charge in [0, 0.05) is 23.2 Å². The Hall–Kier alpha value is -3.08. The van der Waals surface area contributed by atoms with Crippen LogP contribution in [0.25, 0.3) is 16.9 Å². The van der Waals surface area contributed by atoms with Gasteiger partial charge in [-0.15, -0.1) is 0 Å². The number of rotatable bonds is 4. The van der Waals surface area contributed by atoms with Crippen molar-refractivity contribution in [2.45, 2.75) is 45.6 Å². The third kappa shape index (κ3) is 4.34. The molecule has 2 aromatic carbocycles. The van der Waals surface area contributed by atoms with Crippen LogP contribution in [0.3, 0.4) is 0 Å². The number of amides is 1. The van der Waals surface area contributed by atoms with Gasteiger partial charge in [-0.1, -0.05) is 30.7 Å². The van der Waals surface area contributed by atoms with E-state index in [9.17, 15) is 4.79 Å². The van der Waals surface area contributed by atoms with E-state index in [-0.39, 0.29) is 11.9 Å². The molecule has 0 radical (unpaired) electrons. The largest absolute Gasteiger partial charge is 0.384 e. The molecule has 1 fully saturated rings. The number of nitrogens with two attached hydrogens (primary N) is 1. The Morgan fingerprint density at radius 3 is 2.48 bits per heavy atom. The Kier molecular flexibility index (Phi) is 5.38. The lowest BCUT2D eigenvalue weighted by atomic mass is 9.87. The zero-order valence-electron chi connectivity index (χ0n) is 17.1. The number of anilines is 1. The molecule has 0 unspecified atom stereocenters. The van der Waals surface area contributed by atoms with Crippen LogP contribution in [0.5, 0.6) is 0 Å². The molecule has 4 rings (SSSR count). The Morgan fingerprint density at radius 2 is 1.79 bits per heavy atom. The lowest BCUT2D eigenvalue weighted by Gasteiger charge is -2.26. The molecule has 5 nitrogen and oxygen atoms in total. The number of benzene rings is 2. The summed E-state index contributed by atoms with van der Waals surface area (Å²) in [6.45, 7) is 4.34. The molecule has 1 aliphatic rings. The normalized spacial score (nSPS) is 19.1. The maximum atomic E-state index is 12.6. The SMILES string of the molecule is Cc1cccc(-c2cc(N)n(-c3ccc(C(=O)NC4CCC(C)CC4)cc3)n2)c1. The van der Waals surface area contributed by atoms with E-state index in [0.29, 0.717) is 11.4 Å². The second-order valence-corrected chi connectivity index (χ2v) is 8.21. The summed E-state index contributed by atoms with van der Waals surface area (Å²) in [5.41, 5.74) is 10.8. The smallest absolute Gasteiger partial charge is 0.251 e. The average molecular weight is 389 g/mol. The number of aryl methyl sites for hydroxylation is 1. The standard InChI is InChI=1S/C24H28N4O/c1-16-6-10-20(11-7-16)26-24(29)18-8-12-21(13-9-18)28-23(25)15-22(27-28)19-5-3-4-17(2)14-19/h3-5,8-9,12-16,20H,6-7,10-11,25H2,1-2H3,(H,26,29). The highest BCUT2D eigenvalue weighted by molar-refractivity contribution is 5.94. The van der Waals surface area contributed by atoms with Crippen LogP contribution in [0, 0.1) is 12.8 Å². The summed E-state index contributed by atoms with van der Waals surface area (Å²) in [7, 11) is 0. The molecule has 29 heavy (non-hydrogen) atoms. The molecule has 1 saturated carbocycles. The monoisotopic (exact) mass is 388 g/mol. The van der Waals surface area contributed by atoms with E-state index >= 15 is 0 Å². The molecule has 0 atom stereocenters. The van der Waals surface area contributed by atoms with E-state index in [1.54, 1.807) is 4.68 Å². The minimum atomic E-state index is -0.00927. The van der Waals surface area contributed by atoms with Crippen molar-refractivity contribution in [3.63, 3.8) is 0 Å². The Bertz CT molecular complexity index is 998. The van der Waals surface area contributed by atoms with Crippen molar-refractivity contribution in [3.05, 3.63) is 65.7 Å². The lowest BCUT2D eigenvalue weighted by Crippen LogP contribution is -2.37. The third-order valence-electron chi connectivity index (χ3n) is 5.78. The average Bonchev–Trinajstić information content (AvgIpc) is 3.11. The molecule has 5 heteroatoms. The molecule has 0 saturated heterocycles. The third-order valence-corrected chi connectivity index (χ3v) is 5.78. The number of hydrogen-bond acceptors (Lipinski definition) is 3. The fraction of sp³-hybridized carbons (Fsp3) is 0.333. The topological polar surface area (TPSA) is 72.9 Å². The maximum absolute atomic E-state index is 12.6. The van der Waals surface area contributed by atoms with Crippen molar-refractivity contribution < 1.29 is 4.79 Å². The summed E-state index contributed by atoms with van der Waals surface area (Å²) in [6, 6.07) is 17.8. The number of aromatic nitrogens is 2. The van der Waals surface area contributed by atoms with Gasteiger partial charge in [0.15, 0.2) is 0 Å². The number of nitrogens with zero attached hydrogens (tertiary/aromatic N) is 2. The van der Waals surface area contributed by atoms with Gasteiger partial charge in [0.1, 0.15) is 5.82 Å². The fourth-order valence-electron chi connectivity index (χ4n) is 3.97. The Balaban J connectivity index is 1.48. The summed E-state index contributed by atoms with van der Waals surface area (Å²) in [4.78, 5) is 12.6. The van der Waals surface area contributed by atoms with E-state index in [4.69, 9.17) is 5.73 Å². The van der Waals surface area contributed by atoms with Gasteiger partial charge in [-0.25, -0.2) is 4.68 Å². The van der Waals surface area contributed by atoms with Gasteiger partial charge in [0.25, 0.3) is 5.91 Å². The van der Waals surface area contributed by atoms with Crippen LogP contribution < -0.4 is 11.1 Å². The van der Waals surface area contributed by atoms with Gasteiger partial charge in [-0.2, -0.15) is 5.10 Å².